The highest BCUT2D eigenvalue weighted by Gasteiger charge is 2.51. The second kappa shape index (κ2) is 6.79. The van der Waals surface area contributed by atoms with Gasteiger partial charge in [-0.1, -0.05) is 13.0 Å². The number of ether oxygens (including phenoxy) is 1. The van der Waals surface area contributed by atoms with Gasteiger partial charge >= 0.3 is 11.8 Å². The molecule has 3 aliphatic rings. The van der Waals surface area contributed by atoms with Crippen LogP contribution in [0.1, 0.15) is 25.3 Å². The third-order valence-electron chi connectivity index (χ3n) is 5.83. The summed E-state index contributed by atoms with van der Waals surface area (Å²) < 4.78 is 5.47. The minimum atomic E-state index is -0.695. The summed E-state index contributed by atoms with van der Waals surface area (Å²) in [5.74, 6) is 1.54. The van der Waals surface area contributed by atoms with Crippen molar-refractivity contribution in [3.63, 3.8) is 0 Å². The number of fused-ring (bicyclic) bond motifs is 2. The zero-order valence-corrected chi connectivity index (χ0v) is 14.8. The Bertz CT molecular complexity index is 723. The largest absolute Gasteiger partial charge is 0.487 e. The van der Waals surface area contributed by atoms with Crippen LogP contribution < -0.4 is 20.7 Å². The first-order valence-corrected chi connectivity index (χ1v) is 9.30. The highest BCUT2D eigenvalue weighted by atomic mass is 16.5. The minimum absolute atomic E-state index is 0.137. The zero-order valence-electron chi connectivity index (χ0n) is 14.8. The van der Waals surface area contributed by atoms with Crippen molar-refractivity contribution in [2.75, 3.05) is 18.5 Å². The van der Waals surface area contributed by atoms with Crippen LogP contribution in [0.3, 0.4) is 0 Å². The predicted octanol–water partition coefficient (Wildman–Crippen LogP) is 0.629. The van der Waals surface area contributed by atoms with Gasteiger partial charge < -0.3 is 25.8 Å². The number of amides is 2. The molecule has 0 saturated heterocycles. The van der Waals surface area contributed by atoms with Crippen LogP contribution in [0.25, 0.3) is 0 Å². The molecule has 4 rings (SSSR count). The summed E-state index contributed by atoms with van der Waals surface area (Å²) in [5.41, 5.74) is 1.74. The average Bonchev–Trinajstić information content (AvgIpc) is 3.33. The molecule has 1 aromatic carbocycles. The fourth-order valence-electron chi connectivity index (χ4n) is 4.20. The van der Waals surface area contributed by atoms with Crippen molar-refractivity contribution in [3.05, 3.63) is 23.8 Å². The maximum Gasteiger partial charge on any atom is 0.309 e. The molecule has 26 heavy (non-hydrogen) atoms. The van der Waals surface area contributed by atoms with E-state index in [-0.39, 0.29) is 12.6 Å². The lowest BCUT2D eigenvalue weighted by Crippen LogP contribution is -2.46. The summed E-state index contributed by atoms with van der Waals surface area (Å²) in [6.07, 6.45) is 2.18. The molecule has 1 aliphatic heterocycles. The van der Waals surface area contributed by atoms with Crippen LogP contribution >= 0.6 is 0 Å². The zero-order chi connectivity index (χ0) is 18.3. The second-order valence-corrected chi connectivity index (χ2v) is 7.64. The molecule has 1 heterocycles. The van der Waals surface area contributed by atoms with Crippen molar-refractivity contribution in [3.8, 4) is 5.75 Å². The SMILES string of the molecule is C[C@H]1C2C[C@@H]2C[C@H]1NC(=O)C(=O)NCCc1ccc2c(c1)OC[C@@H](O)N2. The number of nitrogens with one attached hydrogen (secondary N) is 3. The Morgan fingerprint density at radius 1 is 1.31 bits per heavy atom. The third-order valence-corrected chi connectivity index (χ3v) is 5.83. The smallest absolute Gasteiger partial charge is 0.309 e. The van der Waals surface area contributed by atoms with E-state index in [1.54, 1.807) is 0 Å². The van der Waals surface area contributed by atoms with Gasteiger partial charge in [-0.25, -0.2) is 0 Å². The van der Waals surface area contributed by atoms with E-state index >= 15 is 0 Å². The van der Waals surface area contributed by atoms with E-state index in [0.717, 1.165) is 29.5 Å². The first-order chi connectivity index (χ1) is 12.5. The number of aliphatic hydroxyl groups excluding tert-OH is 1. The van der Waals surface area contributed by atoms with Crippen LogP contribution in [0.15, 0.2) is 18.2 Å². The van der Waals surface area contributed by atoms with Crippen LogP contribution in [0.2, 0.25) is 0 Å². The Labute approximate surface area is 152 Å². The van der Waals surface area contributed by atoms with Crippen molar-refractivity contribution >= 4 is 17.5 Å². The molecule has 1 unspecified atom stereocenters. The van der Waals surface area contributed by atoms with E-state index in [4.69, 9.17) is 4.74 Å². The molecule has 7 nitrogen and oxygen atoms in total. The fourth-order valence-corrected chi connectivity index (χ4v) is 4.20. The molecule has 4 N–H and O–H groups in total. The summed E-state index contributed by atoms with van der Waals surface area (Å²) in [5, 5.41) is 18.0. The van der Waals surface area contributed by atoms with E-state index in [1.165, 1.54) is 6.42 Å². The maximum absolute atomic E-state index is 12.1. The van der Waals surface area contributed by atoms with Crippen molar-refractivity contribution in [2.45, 2.75) is 38.5 Å². The van der Waals surface area contributed by atoms with Gasteiger partial charge in [0.05, 0.1) is 5.69 Å². The van der Waals surface area contributed by atoms with Crippen molar-refractivity contribution in [2.24, 2.45) is 17.8 Å². The highest BCUT2D eigenvalue weighted by Crippen LogP contribution is 2.55. The molecule has 0 aromatic heterocycles. The van der Waals surface area contributed by atoms with Crippen molar-refractivity contribution in [1.82, 2.24) is 10.6 Å². The lowest BCUT2D eigenvalue weighted by atomic mass is 10.0. The number of carbonyl (C=O) groups is 2. The molecule has 2 saturated carbocycles. The number of carbonyl (C=O) groups excluding carboxylic acids is 2. The molecule has 2 fully saturated rings. The summed E-state index contributed by atoms with van der Waals surface area (Å²) in [6, 6.07) is 5.77. The molecule has 140 valence electrons. The molecular formula is C19H25N3O4. The van der Waals surface area contributed by atoms with Crippen molar-refractivity contribution in [1.29, 1.82) is 0 Å². The van der Waals surface area contributed by atoms with E-state index < -0.39 is 18.0 Å². The lowest BCUT2D eigenvalue weighted by Gasteiger charge is -2.24. The molecule has 7 heteroatoms. The summed E-state index contributed by atoms with van der Waals surface area (Å²) in [4.78, 5) is 24.1. The maximum atomic E-state index is 12.1. The number of rotatable bonds is 4. The summed E-state index contributed by atoms with van der Waals surface area (Å²) in [6.45, 7) is 2.74. The fraction of sp³-hybridized carbons (Fsp3) is 0.579. The monoisotopic (exact) mass is 359 g/mol. The Morgan fingerprint density at radius 3 is 2.92 bits per heavy atom. The van der Waals surface area contributed by atoms with Gasteiger partial charge in [0, 0.05) is 12.6 Å². The minimum Gasteiger partial charge on any atom is -0.487 e. The van der Waals surface area contributed by atoms with Gasteiger partial charge in [-0.3, -0.25) is 9.59 Å². The number of anilines is 1. The first-order valence-electron chi connectivity index (χ1n) is 9.30. The number of hydrogen-bond donors (Lipinski definition) is 4. The molecule has 0 radical (unpaired) electrons. The van der Waals surface area contributed by atoms with E-state index in [0.29, 0.717) is 24.6 Å². The third kappa shape index (κ3) is 3.49. The summed E-state index contributed by atoms with van der Waals surface area (Å²) >= 11 is 0. The second-order valence-electron chi connectivity index (χ2n) is 7.64. The van der Waals surface area contributed by atoms with E-state index in [2.05, 4.69) is 22.9 Å². The van der Waals surface area contributed by atoms with Gasteiger partial charge in [0.25, 0.3) is 0 Å². The van der Waals surface area contributed by atoms with Crippen LogP contribution in [-0.4, -0.2) is 42.3 Å². The number of benzene rings is 1. The van der Waals surface area contributed by atoms with Crippen molar-refractivity contribution < 1.29 is 19.4 Å². The van der Waals surface area contributed by atoms with Gasteiger partial charge in [0.1, 0.15) is 12.4 Å². The Morgan fingerprint density at radius 2 is 2.15 bits per heavy atom. The van der Waals surface area contributed by atoms with Gasteiger partial charge in [-0.15, -0.1) is 0 Å². The molecule has 2 amide bonds. The van der Waals surface area contributed by atoms with Gasteiger partial charge in [0.15, 0.2) is 6.23 Å². The van der Waals surface area contributed by atoms with Crippen LogP contribution in [-0.2, 0) is 16.0 Å². The van der Waals surface area contributed by atoms with Gasteiger partial charge in [-0.2, -0.15) is 0 Å². The molecule has 0 spiro atoms. The normalized spacial score (nSPS) is 31.1. The Kier molecular flexibility index (Phi) is 4.48. The average molecular weight is 359 g/mol. The first kappa shape index (κ1) is 17.1. The van der Waals surface area contributed by atoms with Crippen LogP contribution in [0.5, 0.6) is 5.75 Å². The Hall–Kier alpha value is -2.28. The highest BCUT2D eigenvalue weighted by molar-refractivity contribution is 6.35. The quantitative estimate of drug-likeness (QED) is 0.591. The summed E-state index contributed by atoms with van der Waals surface area (Å²) in [7, 11) is 0. The van der Waals surface area contributed by atoms with E-state index in [1.807, 2.05) is 18.2 Å². The van der Waals surface area contributed by atoms with Crippen LogP contribution in [0.4, 0.5) is 5.69 Å². The number of hydrogen-bond acceptors (Lipinski definition) is 5. The predicted molar refractivity (Wildman–Crippen MR) is 95.6 cm³/mol. The molecule has 2 aliphatic carbocycles. The molecule has 5 atom stereocenters. The topological polar surface area (TPSA) is 99.7 Å². The number of aliphatic hydroxyl groups is 1. The standard InChI is InChI=1S/C19H25N3O4/c1-10-13-7-12(13)8-15(10)22-19(25)18(24)20-5-4-11-2-3-14-16(6-11)26-9-17(23)21-14/h2-3,6,10,12-13,15,17,21,23H,4-5,7-9H2,1H3,(H,20,24)(H,22,25)/t10-,12+,13?,15+,17+/m0/s1. The van der Waals surface area contributed by atoms with Gasteiger partial charge in [-0.05, 0) is 54.7 Å². The Balaban J connectivity index is 1.23. The van der Waals surface area contributed by atoms with Crippen LogP contribution in [0, 0.1) is 17.8 Å². The lowest BCUT2D eigenvalue weighted by molar-refractivity contribution is -0.139. The molecule has 1 aromatic rings. The molecular weight excluding hydrogens is 334 g/mol. The van der Waals surface area contributed by atoms with Gasteiger partial charge in [0.2, 0.25) is 0 Å². The van der Waals surface area contributed by atoms with E-state index in [9.17, 15) is 14.7 Å². The molecule has 0 bridgehead atoms.